The number of nitrogens with zero attached hydrogens (tertiary/aromatic N) is 5. The number of pyridine rings is 1. The highest BCUT2D eigenvalue weighted by Gasteiger charge is 2.23. The van der Waals surface area contributed by atoms with Gasteiger partial charge in [-0.1, -0.05) is 6.07 Å². The fourth-order valence-electron chi connectivity index (χ4n) is 3.50. The number of carbonyl (C=O) groups excluding carboxylic acids is 1. The van der Waals surface area contributed by atoms with Crippen molar-refractivity contribution in [3.05, 3.63) is 61.1 Å². The summed E-state index contributed by atoms with van der Waals surface area (Å²) >= 11 is 1.74. The van der Waals surface area contributed by atoms with Gasteiger partial charge in [-0.2, -0.15) is 0 Å². The monoisotopic (exact) mass is 399 g/mol. The summed E-state index contributed by atoms with van der Waals surface area (Å²) in [6, 6.07) is 5.72. The highest BCUT2D eigenvalue weighted by atomic mass is 32.1. The molecule has 0 bridgehead atoms. The van der Waals surface area contributed by atoms with Gasteiger partial charge in [-0.05, 0) is 17.5 Å². The molecule has 0 saturated carbocycles. The molecule has 28 heavy (non-hydrogen) atoms. The van der Waals surface area contributed by atoms with Crippen molar-refractivity contribution >= 4 is 28.3 Å². The maximum atomic E-state index is 12.9. The highest BCUT2D eigenvalue weighted by molar-refractivity contribution is 7.09. The van der Waals surface area contributed by atoms with Crippen LogP contribution in [0.3, 0.4) is 0 Å². The van der Waals surface area contributed by atoms with E-state index in [9.17, 15) is 14.4 Å². The first-order valence-corrected chi connectivity index (χ1v) is 9.93. The van der Waals surface area contributed by atoms with Gasteiger partial charge in [0.15, 0.2) is 0 Å². The van der Waals surface area contributed by atoms with Gasteiger partial charge in [0.2, 0.25) is 0 Å². The lowest BCUT2D eigenvalue weighted by Gasteiger charge is -2.34. The smallest absolute Gasteiger partial charge is 0.332 e. The third-order valence-corrected chi connectivity index (χ3v) is 6.02. The van der Waals surface area contributed by atoms with Crippen LogP contribution in [0.2, 0.25) is 0 Å². The molecule has 1 aliphatic rings. The molecule has 1 amide bonds. The Morgan fingerprint density at radius 1 is 1.14 bits per heavy atom. The Labute approximate surface area is 165 Å². The highest BCUT2D eigenvalue weighted by Crippen LogP contribution is 2.15. The number of aromatic nitrogens is 3. The van der Waals surface area contributed by atoms with Crippen LogP contribution in [-0.4, -0.2) is 56.0 Å². The molecule has 0 spiro atoms. The van der Waals surface area contributed by atoms with E-state index in [0.717, 1.165) is 24.2 Å². The summed E-state index contributed by atoms with van der Waals surface area (Å²) in [5, 5.41) is 2.34. The van der Waals surface area contributed by atoms with E-state index in [1.165, 1.54) is 22.7 Å². The maximum Gasteiger partial charge on any atom is 0.332 e. The zero-order valence-electron chi connectivity index (χ0n) is 15.8. The predicted molar refractivity (Wildman–Crippen MR) is 108 cm³/mol. The lowest BCUT2D eigenvalue weighted by atomic mass is 10.2. The molecule has 0 N–H and O–H groups in total. The van der Waals surface area contributed by atoms with Gasteiger partial charge in [-0.3, -0.25) is 23.6 Å². The van der Waals surface area contributed by atoms with Gasteiger partial charge in [0.05, 0.1) is 10.9 Å². The molecule has 146 valence electrons. The molecule has 3 aromatic heterocycles. The zero-order chi connectivity index (χ0) is 19.8. The normalized spacial score (nSPS) is 15.3. The first kappa shape index (κ1) is 18.6. The third kappa shape index (κ3) is 3.27. The minimum absolute atomic E-state index is 0.138. The van der Waals surface area contributed by atoms with Gasteiger partial charge >= 0.3 is 5.69 Å². The van der Waals surface area contributed by atoms with Gasteiger partial charge in [-0.15, -0.1) is 11.3 Å². The van der Waals surface area contributed by atoms with Crippen LogP contribution < -0.4 is 11.2 Å². The van der Waals surface area contributed by atoms with E-state index >= 15 is 0 Å². The van der Waals surface area contributed by atoms with Crippen molar-refractivity contribution in [2.24, 2.45) is 14.1 Å². The van der Waals surface area contributed by atoms with Crippen LogP contribution in [-0.2, 0) is 20.6 Å². The Balaban J connectivity index is 1.53. The molecule has 1 saturated heterocycles. The Kier molecular flexibility index (Phi) is 4.86. The van der Waals surface area contributed by atoms with Crippen LogP contribution in [0, 0.1) is 0 Å². The minimum atomic E-state index is -0.444. The number of hydrogen-bond acceptors (Lipinski definition) is 6. The molecule has 0 aliphatic carbocycles. The molecule has 4 rings (SSSR count). The van der Waals surface area contributed by atoms with Crippen molar-refractivity contribution in [3.8, 4) is 0 Å². The van der Waals surface area contributed by atoms with E-state index in [1.807, 2.05) is 6.07 Å². The van der Waals surface area contributed by atoms with Gasteiger partial charge in [0.25, 0.3) is 11.5 Å². The van der Waals surface area contributed by atoms with Crippen molar-refractivity contribution in [2.45, 2.75) is 6.54 Å². The number of thiophene rings is 1. The lowest BCUT2D eigenvalue weighted by molar-refractivity contribution is 0.0629. The number of hydrogen-bond donors (Lipinski definition) is 0. The van der Waals surface area contributed by atoms with Crippen molar-refractivity contribution < 1.29 is 4.79 Å². The van der Waals surface area contributed by atoms with Crippen LogP contribution in [0.1, 0.15) is 15.2 Å². The summed E-state index contributed by atoms with van der Waals surface area (Å²) in [6.45, 7) is 3.78. The Bertz CT molecular complexity index is 1140. The third-order valence-electron chi connectivity index (χ3n) is 5.16. The first-order chi connectivity index (χ1) is 13.5. The van der Waals surface area contributed by atoms with Gasteiger partial charge in [0.1, 0.15) is 5.65 Å². The molecule has 9 heteroatoms. The summed E-state index contributed by atoms with van der Waals surface area (Å²) in [4.78, 5) is 47.0. The van der Waals surface area contributed by atoms with Crippen LogP contribution in [0.4, 0.5) is 0 Å². The number of aryl methyl sites for hydroxylation is 1. The molecule has 1 fully saturated rings. The number of fused-ring (bicyclic) bond motifs is 1. The van der Waals surface area contributed by atoms with E-state index in [0.29, 0.717) is 18.7 Å². The summed E-state index contributed by atoms with van der Waals surface area (Å²) < 4.78 is 2.34. The molecular weight excluding hydrogens is 378 g/mol. The van der Waals surface area contributed by atoms with E-state index in [2.05, 4.69) is 21.3 Å². The average molecular weight is 399 g/mol. The molecule has 3 aromatic rings. The van der Waals surface area contributed by atoms with Crippen LogP contribution in [0.25, 0.3) is 11.0 Å². The fraction of sp³-hybridized carbons (Fsp3) is 0.368. The largest absolute Gasteiger partial charge is 0.336 e. The maximum absolute atomic E-state index is 12.9. The fourth-order valence-corrected chi connectivity index (χ4v) is 4.24. The van der Waals surface area contributed by atoms with Crippen molar-refractivity contribution in [1.82, 2.24) is 23.9 Å². The average Bonchev–Trinajstić information content (AvgIpc) is 3.23. The molecule has 8 nitrogen and oxygen atoms in total. The summed E-state index contributed by atoms with van der Waals surface area (Å²) in [5.74, 6) is -0.138. The molecule has 0 unspecified atom stereocenters. The van der Waals surface area contributed by atoms with Crippen molar-refractivity contribution in [1.29, 1.82) is 0 Å². The zero-order valence-corrected chi connectivity index (χ0v) is 16.6. The van der Waals surface area contributed by atoms with E-state index in [4.69, 9.17) is 0 Å². The molecule has 1 aliphatic heterocycles. The van der Waals surface area contributed by atoms with E-state index in [1.54, 1.807) is 29.4 Å². The first-order valence-electron chi connectivity index (χ1n) is 9.05. The lowest BCUT2D eigenvalue weighted by Crippen LogP contribution is -2.48. The second kappa shape index (κ2) is 7.33. The Hall–Kier alpha value is -2.78. The number of piperazine rings is 1. The predicted octanol–water partition coefficient (Wildman–Crippen LogP) is 0.652. The standard InChI is InChI=1S/C19H21N5O3S/c1-21-16-15(18(26)22(2)19(21)27)10-13(11-20-16)17(25)24-7-5-23(6-8-24)12-14-4-3-9-28-14/h3-4,9-11H,5-8,12H2,1-2H3. The molecule has 0 aromatic carbocycles. The van der Waals surface area contributed by atoms with Crippen molar-refractivity contribution in [2.75, 3.05) is 26.2 Å². The second-order valence-corrected chi connectivity index (χ2v) is 7.98. The Morgan fingerprint density at radius 2 is 1.89 bits per heavy atom. The van der Waals surface area contributed by atoms with Gasteiger partial charge < -0.3 is 4.90 Å². The molecule has 0 atom stereocenters. The number of rotatable bonds is 3. The summed E-state index contributed by atoms with van der Waals surface area (Å²) in [6.07, 6.45) is 1.45. The van der Waals surface area contributed by atoms with E-state index < -0.39 is 11.2 Å². The molecular formula is C19H21N5O3S. The molecule has 4 heterocycles. The topological polar surface area (TPSA) is 80.4 Å². The quantitative estimate of drug-likeness (QED) is 0.646. The second-order valence-electron chi connectivity index (χ2n) is 6.95. The van der Waals surface area contributed by atoms with Gasteiger partial charge in [0, 0.05) is 57.9 Å². The molecule has 0 radical (unpaired) electrons. The van der Waals surface area contributed by atoms with Crippen molar-refractivity contribution in [3.63, 3.8) is 0 Å². The van der Waals surface area contributed by atoms with Crippen LogP contribution in [0.5, 0.6) is 0 Å². The number of amides is 1. The summed E-state index contributed by atoms with van der Waals surface area (Å²) in [7, 11) is 2.98. The van der Waals surface area contributed by atoms with Crippen LogP contribution >= 0.6 is 11.3 Å². The Morgan fingerprint density at radius 3 is 2.57 bits per heavy atom. The minimum Gasteiger partial charge on any atom is -0.336 e. The summed E-state index contributed by atoms with van der Waals surface area (Å²) in [5.41, 5.74) is -0.229. The van der Waals surface area contributed by atoms with Crippen LogP contribution in [0.15, 0.2) is 39.4 Å². The van der Waals surface area contributed by atoms with Gasteiger partial charge in [-0.25, -0.2) is 9.78 Å². The number of carbonyl (C=O) groups is 1. The van der Waals surface area contributed by atoms with E-state index in [-0.39, 0.29) is 16.9 Å². The SMILES string of the molecule is Cn1c(=O)c2cc(C(=O)N3CCN(Cc4cccs4)CC3)cnc2n(C)c1=O.